The minimum Gasteiger partial charge on any atom is -0.464 e. The van der Waals surface area contributed by atoms with Crippen molar-refractivity contribution in [2.45, 2.75) is 13.8 Å². The summed E-state index contributed by atoms with van der Waals surface area (Å²) in [4.78, 5) is 37.4. The molecule has 3 rings (SSSR count). The second-order valence-electron chi connectivity index (χ2n) is 6.41. The van der Waals surface area contributed by atoms with Gasteiger partial charge in [-0.3, -0.25) is 19.3 Å². The van der Waals surface area contributed by atoms with Crippen LogP contribution < -0.4 is 0 Å². The van der Waals surface area contributed by atoms with Crippen LogP contribution in [-0.2, 0) is 14.3 Å². The summed E-state index contributed by atoms with van der Waals surface area (Å²) in [7, 11) is 0. The molecule has 2 heterocycles. The van der Waals surface area contributed by atoms with Gasteiger partial charge in [0.1, 0.15) is 18.1 Å². The maximum atomic E-state index is 12.4. The summed E-state index contributed by atoms with van der Waals surface area (Å²) < 4.78 is 10.8. The largest absolute Gasteiger partial charge is 0.464 e. The van der Waals surface area contributed by atoms with Gasteiger partial charge in [0.15, 0.2) is 0 Å². The van der Waals surface area contributed by atoms with Crippen molar-refractivity contribution in [3.05, 3.63) is 53.1 Å². The first-order valence-electron chi connectivity index (χ1n) is 8.50. The minimum absolute atomic E-state index is 0.182. The maximum absolute atomic E-state index is 12.4. The quantitative estimate of drug-likeness (QED) is 0.548. The molecule has 27 heavy (non-hydrogen) atoms. The predicted molar refractivity (Wildman–Crippen MR) is 103 cm³/mol. The number of carbonyl (C=O) groups is 3. The van der Waals surface area contributed by atoms with E-state index in [2.05, 4.69) is 0 Å². The van der Waals surface area contributed by atoms with Crippen LogP contribution in [0.1, 0.15) is 19.6 Å². The van der Waals surface area contributed by atoms with Gasteiger partial charge in [-0.15, -0.1) is 0 Å². The predicted octanol–water partition coefficient (Wildman–Crippen LogP) is 4.18. The minimum atomic E-state index is -0.600. The van der Waals surface area contributed by atoms with Crippen molar-refractivity contribution < 1.29 is 23.5 Å². The van der Waals surface area contributed by atoms with Crippen LogP contribution >= 0.6 is 11.8 Å². The molecule has 1 aliphatic rings. The molecule has 0 bridgehead atoms. The van der Waals surface area contributed by atoms with Gasteiger partial charge in [-0.2, -0.15) is 0 Å². The van der Waals surface area contributed by atoms with Gasteiger partial charge in [0.2, 0.25) is 0 Å². The molecule has 6 nitrogen and oxygen atoms in total. The highest BCUT2D eigenvalue weighted by atomic mass is 32.2. The third-order valence-electron chi connectivity index (χ3n) is 3.70. The third-order valence-corrected chi connectivity index (χ3v) is 4.60. The van der Waals surface area contributed by atoms with E-state index in [9.17, 15) is 14.4 Å². The normalized spacial score (nSPS) is 15.8. The Morgan fingerprint density at radius 1 is 1.19 bits per heavy atom. The molecule has 1 aromatic carbocycles. The summed E-state index contributed by atoms with van der Waals surface area (Å²) in [6.45, 7) is 3.67. The van der Waals surface area contributed by atoms with Gasteiger partial charge in [0, 0.05) is 11.6 Å². The summed E-state index contributed by atoms with van der Waals surface area (Å²) in [5.41, 5.74) is 0.915. The number of benzene rings is 1. The van der Waals surface area contributed by atoms with E-state index in [1.165, 1.54) is 6.08 Å². The number of nitrogens with zero attached hydrogens (tertiary/aromatic N) is 1. The Kier molecular flexibility index (Phi) is 5.81. The molecule has 1 fully saturated rings. The van der Waals surface area contributed by atoms with Crippen LogP contribution in [0.5, 0.6) is 0 Å². The molecule has 0 N–H and O–H groups in total. The topological polar surface area (TPSA) is 76.8 Å². The van der Waals surface area contributed by atoms with Crippen LogP contribution in [0.25, 0.3) is 17.4 Å². The number of esters is 1. The fraction of sp³-hybridized carbons (Fsp3) is 0.250. The highest BCUT2D eigenvalue weighted by Crippen LogP contribution is 2.33. The fourth-order valence-electron chi connectivity index (χ4n) is 2.39. The second kappa shape index (κ2) is 8.26. The Bertz CT molecular complexity index is 885. The van der Waals surface area contributed by atoms with Gasteiger partial charge in [0.05, 0.1) is 11.5 Å². The lowest BCUT2D eigenvalue weighted by molar-refractivity contribution is -0.147. The van der Waals surface area contributed by atoms with Crippen LogP contribution in [0.2, 0.25) is 0 Å². The number of hydrogen-bond donors (Lipinski definition) is 0. The van der Waals surface area contributed by atoms with E-state index in [-0.39, 0.29) is 24.0 Å². The van der Waals surface area contributed by atoms with Crippen molar-refractivity contribution in [1.29, 1.82) is 0 Å². The number of amides is 2. The van der Waals surface area contributed by atoms with E-state index in [0.717, 1.165) is 22.2 Å². The molecule has 7 heteroatoms. The van der Waals surface area contributed by atoms with Crippen LogP contribution in [0.4, 0.5) is 4.79 Å². The summed E-state index contributed by atoms with van der Waals surface area (Å²) in [6, 6.07) is 13.1. The maximum Gasteiger partial charge on any atom is 0.326 e. The van der Waals surface area contributed by atoms with Crippen LogP contribution in [0.3, 0.4) is 0 Å². The van der Waals surface area contributed by atoms with Gasteiger partial charge >= 0.3 is 5.97 Å². The summed E-state index contributed by atoms with van der Waals surface area (Å²) in [5.74, 6) is 0.183. The van der Waals surface area contributed by atoms with Gasteiger partial charge in [-0.25, -0.2) is 0 Å². The van der Waals surface area contributed by atoms with Crippen molar-refractivity contribution in [3.63, 3.8) is 0 Å². The SMILES string of the molecule is CC(C)COC(=O)CN1C(=O)S/C(=C\c2ccc(-c3ccccc3)o2)C1=O. The zero-order valence-electron chi connectivity index (χ0n) is 15.0. The van der Waals surface area contributed by atoms with E-state index in [0.29, 0.717) is 11.5 Å². The molecule has 2 amide bonds. The summed E-state index contributed by atoms with van der Waals surface area (Å²) in [6.07, 6.45) is 1.51. The Hall–Kier alpha value is -2.80. The first-order valence-corrected chi connectivity index (χ1v) is 9.32. The Balaban J connectivity index is 1.69. The van der Waals surface area contributed by atoms with E-state index in [1.54, 1.807) is 12.1 Å². The molecule has 1 aromatic heterocycles. The number of rotatable bonds is 6. The highest BCUT2D eigenvalue weighted by Gasteiger charge is 2.37. The van der Waals surface area contributed by atoms with E-state index >= 15 is 0 Å². The average Bonchev–Trinajstić information content (AvgIpc) is 3.21. The Morgan fingerprint density at radius 2 is 1.93 bits per heavy atom. The molecular weight excluding hydrogens is 366 g/mol. The van der Waals surface area contributed by atoms with Gasteiger partial charge in [-0.1, -0.05) is 44.2 Å². The molecule has 0 radical (unpaired) electrons. The van der Waals surface area contributed by atoms with Crippen LogP contribution in [0, 0.1) is 5.92 Å². The molecule has 1 aliphatic heterocycles. The summed E-state index contributed by atoms with van der Waals surface area (Å²) in [5, 5.41) is -0.498. The number of furan rings is 1. The number of imide groups is 1. The molecule has 0 unspecified atom stereocenters. The number of carbonyl (C=O) groups excluding carboxylic acids is 3. The summed E-state index contributed by atoms with van der Waals surface area (Å²) >= 11 is 0.779. The Labute approximate surface area is 161 Å². The third kappa shape index (κ3) is 4.68. The number of hydrogen-bond acceptors (Lipinski definition) is 6. The van der Waals surface area contributed by atoms with Gasteiger partial charge in [0.25, 0.3) is 11.1 Å². The van der Waals surface area contributed by atoms with Crippen LogP contribution in [0.15, 0.2) is 51.8 Å². The van der Waals surface area contributed by atoms with Crippen molar-refractivity contribution >= 4 is 35.0 Å². The van der Waals surface area contributed by atoms with Crippen molar-refractivity contribution in [1.82, 2.24) is 4.90 Å². The fourth-order valence-corrected chi connectivity index (χ4v) is 3.21. The van der Waals surface area contributed by atoms with E-state index in [1.807, 2.05) is 44.2 Å². The molecule has 0 saturated carbocycles. The monoisotopic (exact) mass is 385 g/mol. The number of thioether (sulfide) groups is 1. The van der Waals surface area contributed by atoms with Gasteiger partial charge in [-0.05, 0) is 29.8 Å². The molecule has 2 aromatic rings. The first-order chi connectivity index (χ1) is 12.9. The van der Waals surface area contributed by atoms with E-state index in [4.69, 9.17) is 9.15 Å². The van der Waals surface area contributed by atoms with Crippen molar-refractivity contribution in [3.8, 4) is 11.3 Å². The lowest BCUT2D eigenvalue weighted by atomic mass is 10.2. The smallest absolute Gasteiger partial charge is 0.326 e. The molecule has 140 valence electrons. The first kappa shape index (κ1) is 19.0. The zero-order chi connectivity index (χ0) is 19.4. The van der Waals surface area contributed by atoms with E-state index < -0.39 is 17.1 Å². The Morgan fingerprint density at radius 3 is 2.63 bits per heavy atom. The molecule has 1 saturated heterocycles. The van der Waals surface area contributed by atoms with Crippen molar-refractivity contribution in [2.24, 2.45) is 5.92 Å². The lowest BCUT2D eigenvalue weighted by Gasteiger charge is -2.12. The standard InChI is InChI=1S/C20H19NO5S/c1-13(2)12-25-18(22)11-21-19(23)17(27-20(21)24)10-15-8-9-16(26-15)14-6-4-3-5-7-14/h3-10,13H,11-12H2,1-2H3/b17-10-. The molecule has 0 atom stereocenters. The second-order valence-corrected chi connectivity index (χ2v) is 7.41. The molecule has 0 spiro atoms. The molecule has 0 aliphatic carbocycles. The average molecular weight is 385 g/mol. The molecular formula is C20H19NO5S. The lowest BCUT2D eigenvalue weighted by Crippen LogP contribution is -2.34. The zero-order valence-corrected chi connectivity index (χ0v) is 15.8. The van der Waals surface area contributed by atoms with Crippen LogP contribution in [-0.4, -0.2) is 35.2 Å². The highest BCUT2D eigenvalue weighted by molar-refractivity contribution is 8.18. The van der Waals surface area contributed by atoms with Gasteiger partial charge < -0.3 is 9.15 Å². The van der Waals surface area contributed by atoms with Crippen molar-refractivity contribution in [2.75, 3.05) is 13.2 Å². The number of ether oxygens (including phenoxy) is 1.